The molecule has 2 aromatic heterocycles. The number of piperidine rings is 1. The molecule has 7 heteroatoms. The molecule has 0 bridgehead atoms. The molecule has 4 heterocycles. The highest BCUT2D eigenvalue weighted by Gasteiger charge is 2.44. The van der Waals surface area contributed by atoms with E-state index in [9.17, 15) is 0 Å². The molecule has 2 fully saturated rings. The van der Waals surface area contributed by atoms with E-state index >= 15 is 0 Å². The molecule has 0 N–H and O–H groups in total. The molecule has 3 aliphatic rings. The summed E-state index contributed by atoms with van der Waals surface area (Å²) >= 11 is 0. The first-order valence-electron chi connectivity index (χ1n) is 11.6. The van der Waals surface area contributed by atoms with Crippen molar-refractivity contribution in [3.05, 3.63) is 54.1 Å². The van der Waals surface area contributed by atoms with Crippen LogP contribution in [0.2, 0.25) is 0 Å². The zero-order valence-electron chi connectivity index (χ0n) is 18.2. The fraction of sp³-hybridized carbons (Fsp3) is 0.480. The molecule has 3 aromatic rings. The zero-order valence-corrected chi connectivity index (χ0v) is 18.2. The third kappa shape index (κ3) is 3.97. The van der Waals surface area contributed by atoms with Crippen LogP contribution < -0.4 is 9.47 Å². The van der Waals surface area contributed by atoms with Crippen LogP contribution in [0.3, 0.4) is 0 Å². The normalized spacial score (nSPS) is 20.2. The van der Waals surface area contributed by atoms with Crippen LogP contribution in [-0.4, -0.2) is 46.3 Å². The Kier molecular flexibility index (Phi) is 5.06. The van der Waals surface area contributed by atoms with Gasteiger partial charge in [-0.1, -0.05) is 24.1 Å². The van der Waals surface area contributed by atoms with Gasteiger partial charge < -0.3 is 14.0 Å². The van der Waals surface area contributed by atoms with E-state index in [2.05, 4.69) is 27.2 Å². The van der Waals surface area contributed by atoms with Gasteiger partial charge in [-0.2, -0.15) is 4.98 Å². The number of rotatable bonds is 6. The highest BCUT2D eigenvalue weighted by Crippen LogP contribution is 2.47. The van der Waals surface area contributed by atoms with Gasteiger partial charge in [0.15, 0.2) is 17.3 Å². The van der Waals surface area contributed by atoms with E-state index in [4.69, 9.17) is 19.0 Å². The predicted octanol–water partition coefficient (Wildman–Crippen LogP) is 4.24. The van der Waals surface area contributed by atoms with E-state index in [-0.39, 0.29) is 5.41 Å². The Morgan fingerprint density at radius 1 is 1.03 bits per heavy atom. The van der Waals surface area contributed by atoms with Crippen molar-refractivity contribution in [1.29, 1.82) is 0 Å². The second-order valence-corrected chi connectivity index (χ2v) is 9.35. The van der Waals surface area contributed by atoms with Crippen LogP contribution in [0.15, 0.2) is 47.2 Å². The van der Waals surface area contributed by atoms with Gasteiger partial charge in [0.05, 0.1) is 5.56 Å². The van der Waals surface area contributed by atoms with Crippen molar-refractivity contribution < 1.29 is 14.0 Å². The van der Waals surface area contributed by atoms with Gasteiger partial charge in [0.1, 0.15) is 13.2 Å². The molecule has 1 aromatic carbocycles. The van der Waals surface area contributed by atoms with Crippen LogP contribution in [0.5, 0.6) is 11.5 Å². The van der Waals surface area contributed by atoms with Crippen LogP contribution in [0, 0.1) is 5.92 Å². The van der Waals surface area contributed by atoms with Crippen LogP contribution in [0.25, 0.3) is 11.5 Å². The molecule has 0 radical (unpaired) electrons. The SMILES string of the molecule is c1cncc(-c2nc(C3(CC4CC4)CCN(Cc4ccc5c(c4)OCCO5)CC3)no2)c1. The van der Waals surface area contributed by atoms with Gasteiger partial charge in [-0.3, -0.25) is 9.88 Å². The van der Waals surface area contributed by atoms with E-state index in [1.165, 1.54) is 18.4 Å². The van der Waals surface area contributed by atoms with E-state index in [0.29, 0.717) is 19.1 Å². The number of ether oxygens (including phenoxy) is 2. The van der Waals surface area contributed by atoms with Crippen LogP contribution in [0.4, 0.5) is 0 Å². The van der Waals surface area contributed by atoms with Gasteiger partial charge >= 0.3 is 0 Å². The quantitative estimate of drug-likeness (QED) is 0.577. The van der Waals surface area contributed by atoms with Crippen molar-refractivity contribution in [2.24, 2.45) is 5.92 Å². The van der Waals surface area contributed by atoms with Crippen molar-refractivity contribution in [2.75, 3.05) is 26.3 Å². The smallest absolute Gasteiger partial charge is 0.259 e. The highest BCUT2D eigenvalue weighted by atomic mass is 16.6. The highest BCUT2D eigenvalue weighted by molar-refractivity contribution is 5.50. The number of nitrogens with zero attached hydrogens (tertiary/aromatic N) is 4. The number of fused-ring (bicyclic) bond motifs is 1. The summed E-state index contributed by atoms with van der Waals surface area (Å²) in [6, 6.07) is 10.2. The molecule has 1 saturated carbocycles. The molecular formula is C25H28N4O3. The molecule has 0 unspecified atom stereocenters. The van der Waals surface area contributed by atoms with E-state index in [1.807, 2.05) is 18.2 Å². The molecule has 0 spiro atoms. The molecule has 6 rings (SSSR count). The lowest BCUT2D eigenvalue weighted by atomic mass is 9.73. The Morgan fingerprint density at radius 2 is 1.88 bits per heavy atom. The summed E-state index contributed by atoms with van der Waals surface area (Å²) in [5.41, 5.74) is 2.15. The maximum atomic E-state index is 5.76. The van der Waals surface area contributed by atoms with Gasteiger partial charge in [0.25, 0.3) is 5.89 Å². The van der Waals surface area contributed by atoms with Crippen LogP contribution >= 0.6 is 0 Å². The van der Waals surface area contributed by atoms with Gasteiger partial charge in [0.2, 0.25) is 0 Å². The van der Waals surface area contributed by atoms with Gasteiger partial charge in [-0.25, -0.2) is 0 Å². The minimum absolute atomic E-state index is 0.00836. The molecule has 32 heavy (non-hydrogen) atoms. The van der Waals surface area contributed by atoms with Crippen molar-refractivity contribution >= 4 is 0 Å². The maximum Gasteiger partial charge on any atom is 0.259 e. The zero-order chi connectivity index (χ0) is 21.4. The average Bonchev–Trinajstić information content (AvgIpc) is 3.51. The van der Waals surface area contributed by atoms with Crippen molar-refractivity contribution in [3.8, 4) is 23.0 Å². The summed E-state index contributed by atoms with van der Waals surface area (Å²) in [7, 11) is 0. The molecular weight excluding hydrogens is 404 g/mol. The third-order valence-electron chi connectivity index (χ3n) is 7.01. The number of hydrogen-bond donors (Lipinski definition) is 0. The van der Waals surface area contributed by atoms with Gasteiger partial charge in [-0.05, 0) is 68.1 Å². The minimum Gasteiger partial charge on any atom is -0.486 e. The Labute approximate surface area is 187 Å². The first-order valence-corrected chi connectivity index (χ1v) is 11.6. The molecule has 166 valence electrons. The van der Waals surface area contributed by atoms with E-state index < -0.39 is 0 Å². The molecule has 1 aliphatic carbocycles. The summed E-state index contributed by atoms with van der Waals surface area (Å²) in [5.74, 6) is 3.97. The lowest BCUT2D eigenvalue weighted by molar-refractivity contribution is 0.133. The Balaban J connectivity index is 1.17. The lowest BCUT2D eigenvalue weighted by Crippen LogP contribution is -2.43. The number of pyridine rings is 1. The first-order chi connectivity index (χ1) is 15.8. The van der Waals surface area contributed by atoms with Crippen LogP contribution in [0.1, 0.15) is 43.5 Å². The van der Waals surface area contributed by atoms with E-state index in [1.54, 1.807) is 12.4 Å². The summed E-state index contributed by atoms with van der Waals surface area (Å²) in [5, 5.41) is 4.46. The summed E-state index contributed by atoms with van der Waals surface area (Å²) in [6.07, 6.45) is 9.47. The van der Waals surface area contributed by atoms with E-state index in [0.717, 1.165) is 67.7 Å². The molecule has 0 atom stereocenters. The standard InChI is InChI=1S/C25H28N4O3/c1-2-20(16-26-9-1)23-27-24(28-32-23)25(15-18-3-4-18)7-10-29(11-8-25)17-19-5-6-21-22(14-19)31-13-12-30-21/h1-2,5-6,9,14,16,18H,3-4,7-8,10-13,15,17H2. The number of likely N-dealkylation sites (tertiary alicyclic amines) is 1. The molecule has 7 nitrogen and oxygen atoms in total. The van der Waals surface area contributed by atoms with Crippen LogP contribution in [-0.2, 0) is 12.0 Å². The van der Waals surface area contributed by atoms with Crippen molar-refractivity contribution in [1.82, 2.24) is 20.0 Å². The third-order valence-corrected chi connectivity index (χ3v) is 7.01. The Hall–Kier alpha value is -2.93. The van der Waals surface area contributed by atoms with Gasteiger partial charge in [-0.15, -0.1) is 0 Å². The largest absolute Gasteiger partial charge is 0.486 e. The topological polar surface area (TPSA) is 73.5 Å². The fourth-order valence-corrected chi connectivity index (χ4v) is 5.02. The predicted molar refractivity (Wildman–Crippen MR) is 118 cm³/mol. The second-order valence-electron chi connectivity index (χ2n) is 9.35. The van der Waals surface area contributed by atoms with Crippen molar-refractivity contribution in [2.45, 2.75) is 44.1 Å². The molecule has 2 aliphatic heterocycles. The second kappa shape index (κ2) is 8.20. The molecule has 0 amide bonds. The summed E-state index contributed by atoms with van der Waals surface area (Å²) < 4.78 is 17.1. The summed E-state index contributed by atoms with van der Waals surface area (Å²) in [4.78, 5) is 11.6. The van der Waals surface area contributed by atoms with Crippen molar-refractivity contribution in [3.63, 3.8) is 0 Å². The summed E-state index contributed by atoms with van der Waals surface area (Å²) in [6.45, 7) is 4.22. The fourth-order valence-electron chi connectivity index (χ4n) is 5.02. The number of benzene rings is 1. The first kappa shape index (κ1) is 19.7. The number of hydrogen-bond acceptors (Lipinski definition) is 7. The monoisotopic (exact) mass is 432 g/mol. The average molecular weight is 433 g/mol. The number of aromatic nitrogens is 3. The van der Waals surface area contributed by atoms with Gasteiger partial charge in [0, 0.05) is 24.4 Å². The minimum atomic E-state index is 0.00836. The Morgan fingerprint density at radius 3 is 2.66 bits per heavy atom. The molecule has 1 saturated heterocycles. The Bertz CT molecular complexity index is 1070. The lowest BCUT2D eigenvalue weighted by Gasteiger charge is -2.40. The maximum absolute atomic E-state index is 5.76.